The summed E-state index contributed by atoms with van der Waals surface area (Å²) in [4.78, 5) is 0. The number of benzene rings is 1. The monoisotopic (exact) mass is 446 g/mol. The fourth-order valence-corrected chi connectivity index (χ4v) is 4.79. The normalized spacial score (nSPS) is 8.21. The predicted octanol–water partition coefficient (Wildman–Crippen LogP) is 4.24. The molecule has 1 aromatic rings. The topological polar surface area (TPSA) is 0 Å². The molecular formula is C6H9Cl7Sn. The zero-order valence-electron chi connectivity index (χ0n) is 6.65. The number of hydrogen-bond donors (Lipinski definition) is 0. The Balaban J connectivity index is -0.000000125. The Morgan fingerprint density at radius 2 is 1.07 bits per heavy atom. The summed E-state index contributed by atoms with van der Waals surface area (Å²) in [7, 11) is 17.4. The zero-order chi connectivity index (χ0) is 7.61. The van der Waals surface area contributed by atoms with Crippen LogP contribution in [0.25, 0.3) is 0 Å². The van der Waals surface area contributed by atoms with Gasteiger partial charge < -0.3 is 0 Å². The number of halogens is 7. The fourth-order valence-electron chi connectivity index (χ4n) is 0.627. The van der Waals surface area contributed by atoms with E-state index in [9.17, 15) is 0 Å². The van der Waals surface area contributed by atoms with Crippen LogP contribution in [0.1, 0.15) is 0 Å². The summed E-state index contributed by atoms with van der Waals surface area (Å²) in [6.07, 6.45) is 0. The molecule has 0 heterocycles. The molecule has 14 heavy (non-hydrogen) atoms. The molecule has 0 radical (unpaired) electrons. The molecule has 0 nitrogen and oxygen atoms in total. The quantitative estimate of drug-likeness (QED) is 0.565. The average Bonchev–Trinajstić information content (AvgIpc) is 1.88. The van der Waals surface area contributed by atoms with E-state index in [2.05, 4.69) is 0 Å². The molecule has 0 fully saturated rings. The molecule has 0 aliphatic rings. The molecule has 86 valence electrons. The molecule has 0 aliphatic heterocycles. The average molecular weight is 448 g/mol. The third-order valence-corrected chi connectivity index (χ3v) is 8.31. The Kier molecular flexibility index (Phi) is 20.6. The molecule has 1 rings (SSSR count). The van der Waals surface area contributed by atoms with E-state index in [4.69, 9.17) is 26.8 Å². The van der Waals surface area contributed by atoms with Crippen LogP contribution in [-0.4, -0.2) is 15.0 Å². The Bertz CT molecular complexity index is 209. The molecule has 0 bridgehead atoms. The van der Waals surface area contributed by atoms with Gasteiger partial charge in [0, 0.05) is 0 Å². The van der Waals surface area contributed by atoms with Crippen molar-refractivity contribution >= 4 is 95.0 Å². The van der Waals surface area contributed by atoms with Crippen LogP contribution in [0.15, 0.2) is 30.3 Å². The van der Waals surface area contributed by atoms with Crippen LogP contribution < -0.4 is 3.58 Å². The van der Waals surface area contributed by atoms with Crippen LogP contribution in [0.3, 0.4) is 0 Å². The van der Waals surface area contributed by atoms with Crippen molar-refractivity contribution in [3.63, 3.8) is 0 Å². The van der Waals surface area contributed by atoms with E-state index in [1.165, 1.54) is 0 Å². The molecule has 0 unspecified atom stereocenters. The molecule has 0 atom stereocenters. The Morgan fingerprint density at radius 3 is 1.29 bits per heavy atom. The van der Waals surface area contributed by atoms with E-state index in [-0.39, 0.29) is 49.6 Å². The summed E-state index contributed by atoms with van der Waals surface area (Å²) in [5.74, 6) is 0. The van der Waals surface area contributed by atoms with E-state index in [1.54, 1.807) is 0 Å². The summed E-state index contributed by atoms with van der Waals surface area (Å²) >= 11 is -3.30. The summed E-state index contributed by atoms with van der Waals surface area (Å²) < 4.78 is 0.904. The van der Waals surface area contributed by atoms with Gasteiger partial charge in [0.1, 0.15) is 0 Å². The van der Waals surface area contributed by atoms with Crippen molar-refractivity contribution in [2.45, 2.75) is 0 Å². The minimum absolute atomic E-state index is 0. The van der Waals surface area contributed by atoms with Crippen molar-refractivity contribution in [3.8, 4) is 0 Å². The SMILES string of the molecule is Cl.Cl.Cl.Cl.[Cl][Sn]([Cl])([Cl])[c]1ccccc1. The first-order chi connectivity index (χ1) is 4.61. The molecule has 1 aromatic carbocycles. The van der Waals surface area contributed by atoms with Crippen molar-refractivity contribution in [1.82, 2.24) is 0 Å². The molecule has 0 saturated heterocycles. The molecule has 0 aromatic heterocycles. The van der Waals surface area contributed by atoms with Crippen LogP contribution in [-0.2, 0) is 0 Å². The van der Waals surface area contributed by atoms with Crippen LogP contribution in [0.4, 0.5) is 0 Å². The van der Waals surface area contributed by atoms with Crippen molar-refractivity contribution in [1.29, 1.82) is 0 Å². The maximum atomic E-state index is 5.80. The molecule has 0 spiro atoms. The second-order valence-electron chi connectivity index (χ2n) is 1.86. The van der Waals surface area contributed by atoms with Crippen molar-refractivity contribution in [3.05, 3.63) is 30.3 Å². The van der Waals surface area contributed by atoms with E-state index in [0.717, 1.165) is 3.58 Å². The van der Waals surface area contributed by atoms with Gasteiger partial charge in [-0.15, -0.1) is 49.6 Å². The molecule has 0 N–H and O–H groups in total. The summed E-state index contributed by atoms with van der Waals surface area (Å²) in [5.41, 5.74) is 0. The van der Waals surface area contributed by atoms with Crippen LogP contribution >= 0.6 is 76.4 Å². The van der Waals surface area contributed by atoms with Gasteiger partial charge in [-0.1, -0.05) is 0 Å². The third kappa shape index (κ3) is 9.29. The van der Waals surface area contributed by atoms with Gasteiger partial charge in [0.2, 0.25) is 0 Å². The van der Waals surface area contributed by atoms with Gasteiger partial charge in [-0.2, -0.15) is 0 Å². The first-order valence-corrected chi connectivity index (χ1v) is 15.0. The molecule has 0 aliphatic carbocycles. The Morgan fingerprint density at radius 1 is 0.714 bits per heavy atom. The minimum atomic E-state index is -3.30. The van der Waals surface area contributed by atoms with Crippen molar-refractivity contribution < 1.29 is 0 Å². The zero-order valence-corrected chi connectivity index (χ0v) is 15.0. The standard InChI is InChI=1S/C6H5.7ClH.Sn/c1-2-4-6-5-3-1;;;;;;;;/h1-5H;7*1H;/q;;;;;;;;+3/p-3. The van der Waals surface area contributed by atoms with Crippen molar-refractivity contribution in [2.75, 3.05) is 0 Å². The van der Waals surface area contributed by atoms with Gasteiger partial charge in [-0.25, -0.2) is 0 Å². The first kappa shape index (κ1) is 25.0. The summed E-state index contributed by atoms with van der Waals surface area (Å²) in [6, 6.07) is 9.40. The van der Waals surface area contributed by atoms with E-state index in [0.29, 0.717) is 0 Å². The van der Waals surface area contributed by atoms with Crippen molar-refractivity contribution in [2.24, 2.45) is 0 Å². The van der Waals surface area contributed by atoms with Gasteiger partial charge in [0.05, 0.1) is 0 Å². The second-order valence-corrected chi connectivity index (χ2v) is 21.7. The van der Waals surface area contributed by atoms with Gasteiger partial charge in [-0.05, 0) is 0 Å². The predicted molar refractivity (Wildman–Crippen MR) is 78.4 cm³/mol. The van der Waals surface area contributed by atoms with Crippen LogP contribution in [0.2, 0.25) is 0 Å². The number of hydrogen-bond acceptors (Lipinski definition) is 0. The second kappa shape index (κ2) is 11.5. The molecular weight excluding hydrogens is 439 g/mol. The van der Waals surface area contributed by atoms with Crippen LogP contribution in [0, 0.1) is 0 Å². The van der Waals surface area contributed by atoms with Gasteiger partial charge in [0.15, 0.2) is 0 Å². The van der Waals surface area contributed by atoms with Crippen LogP contribution in [0.5, 0.6) is 0 Å². The molecule has 0 saturated carbocycles. The van der Waals surface area contributed by atoms with E-state index >= 15 is 0 Å². The Hall–Kier alpha value is 2.05. The Labute approximate surface area is 124 Å². The summed E-state index contributed by atoms with van der Waals surface area (Å²) in [5, 5.41) is 0. The third-order valence-electron chi connectivity index (χ3n) is 1.10. The van der Waals surface area contributed by atoms with Gasteiger partial charge in [-0.3, -0.25) is 0 Å². The van der Waals surface area contributed by atoms with Gasteiger partial charge in [0.25, 0.3) is 0 Å². The summed E-state index contributed by atoms with van der Waals surface area (Å²) in [6.45, 7) is 0. The number of rotatable bonds is 1. The van der Waals surface area contributed by atoms with E-state index < -0.39 is 15.0 Å². The maximum absolute atomic E-state index is 5.80. The van der Waals surface area contributed by atoms with Gasteiger partial charge >= 0.3 is 75.7 Å². The van der Waals surface area contributed by atoms with E-state index in [1.807, 2.05) is 30.3 Å². The molecule has 0 amide bonds. The first-order valence-electron chi connectivity index (χ1n) is 2.73. The molecule has 8 heteroatoms. The fraction of sp³-hybridized carbons (Fsp3) is 0.